The molecular weight excluding hydrogens is 592 g/mol. The SMILES string of the molecule is CN(CCCN1CCC(Cc2ccccc2)CC1)c1ccnc(CSc2nc3ccccc3[nH]2)c1Cl.Cl.Cl.Cl. The monoisotopic (exact) mass is 627 g/mol. The number of imidazole rings is 1. The van der Waals surface area contributed by atoms with Gasteiger partial charge < -0.3 is 14.8 Å². The zero-order chi connectivity index (χ0) is 24.7. The lowest BCUT2D eigenvalue weighted by atomic mass is 9.90. The fraction of sp³-hybridized carbons (Fsp3) is 0.379. The van der Waals surface area contributed by atoms with Gasteiger partial charge in [0.2, 0.25) is 0 Å². The minimum atomic E-state index is 0. The quantitative estimate of drug-likeness (QED) is 0.181. The van der Waals surface area contributed by atoms with Crippen molar-refractivity contribution >= 4 is 77.3 Å². The highest BCUT2D eigenvalue weighted by atomic mass is 35.5. The summed E-state index contributed by atoms with van der Waals surface area (Å²) in [6, 6.07) is 21.0. The summed E-state index contributed by atoms with van der Waals surface area (Å²) in [5, 5.41) is 1.63. The van der Waals surface area contributed by atoms with Gasteiger partial charge in [0.1, 0.15) is 0 Å². The molecule has 1 saturated heterocycles. The van der Waals surface area contributed by atoms with Crippen molar-refractivity contribution in [2.75, 3.05) is 38.1 Å². The molecule has 1 aliphatic heterocycles. The molecule has 5 rings (SSSR count). The fourth-order valence-corrected chi connectivity index (χ4v) is 6.26. The van der Waals surface area contributed by atoms with Crippen LogP contribution in [-0.4, -0.2) is 53.1 Å². The smallest absolute Gasteiger partial charge is 0.166 e. The number of H-pyrrole nitrogens is 1. The molecule has 0 bridgehead atoms. The van der Waals surface area contributed by atoms with E-state index < -0.39 is 0 Å². The van der Waals surface area contributed by atoms with Crippen LogP contribution in [0.1, 0.15) is 30.5 Å². The minimum absolute atomic E-state index is 0. The Morgan fingerprint density at radius 2 is 1.72 bits per heavy atom. The van der Waals surface area contributed by atoms with E-state index in [2.05, 4.69) is 62.1 Å². The van der Waals surface area contributed by atoms with Crippen molar-refractivity contribution in [3.63, 3.8) is 0 Å². The number of hydrogen-bond acceptors (Lipinski definition) is 5. The van der Waals surface area contributed by atoms with Gasteiger partial charge in [0.05, 0.1) is 27.4 Å². The number of benzene rings is 2. The van der Waals surface area contributed by atoms with Gasteiger partial charge >= 0.3 is 0 Å². The third-order valence-corrected chi connectivity index (χ3v) is 8.40. The highest BCUT2D eigenvalue weighted by Crippen LogP contribution is 2.31. The third kappa shape index (κ3) is 9.17. The standard InChI is InChI=1S/C29H34ClN5S.3ClH/c1-34(16-7-17-35-18-13-23(14-19-35)20-22-8-3-2-4-9-22)27-12-15-31-26(28(27)30)21-36-29-32-24-10-5-6-11-25(24)33-29;;;/h2-6,8-12,15,23H,7,13-14,16-21H2,1H3,(H,32,33);3*1H. The van der Waals surface area contributed by atoms with Crippen LogP contribution in [0.5, 0.6) is 0 Å². The predicted octanol–water partition coefficient (Wildman–Crippen LogP) is 7.95. The summed E-state index contributed by atoms with van der Waals surface area (Å²) >= 11 is 8.43. The molecule has 0 radical (unpaired) electrons. The number of aromatic amines is 1. The number of pyridine rings is 1. The van der Waals surface area contributed by atoms with Crippen LogP contribution in [0.15, 0.2) is 72.0 Å². The molecule has 2 aromatic carbocycles. The molecule has 0 unspecified atom stereocenters. The van der Waals surface area contributed by atoms with Crippen LogP contribution in [-0.2, 0) is 12.2 Å². The average molecular weight is 630 g/mol. The van der Waals surface area contributed by atoms with Crippen LogP contribution in [0.4, 0.5) is 5.69 Å². The van der Waals surface area contributed by atoms with Crippen LogP contribution in [0, 0.1) is 5.92 Å². The van der Waals surface area contributed by atoms with E-state index in [9.17, 15) is 0 Å². The summed E-state index contributed by atoms with van der Waals surface area (Å²) in [4.78, 5) is 17.5. The van der Waals surface area contributed by atoms with Crippen molar-refractivity contribution in [3.05, 3.63) is 83.1 Å². The van der Waals surface area contributed by atoms with Crippen LogP contribution in [0.2, 0.25) is 5.02 Å². The van der Waals surface area contributed by atoms with Crippen molar-refractivity contribution in [1.82, 2.24) is 19.9 Å². The second kappa shape index (κ2) is 16.6. The molecule has 0 atom stereocenters. The molecule has 4 aromatic rings. The molecule has 1 aliphatic rings. The maximum atomic E-state index is 6.80. The second-order valence-corrected chi connectivity index (χ2v) is 11.0. The molecule has 0 amide bonds. The van der Waals surface area contributed by atoms with Crippen molar-refractivity contribution in [1.29, 1.82) is 0 Å². The van der Waals surface area contributed by atoms with Gasteiger partial charge in [-0.2, -0.15) is 0 Å². The number of anilines is 1. The highest BCUT2D eigenvalue weighted by molar-refractivity contribution is 7.98. The van der Waals surface area contributed by atoms with Crippen molar-refractivity contribution in [3.8, 4) is 0 Å². The summed E-state index contributed by atoms with van der Waals surface area (Å²) in [5.74, 6) is 1.50. The van der Waals surface area contributed by atoms with E-state index in [0.717, 1.165) is 58.0 Å². The first-order valence-corrected chi connectivity index (χ1v) is 14.2. The Morgan fingerprint density at radius 1 is 1.00 bits per heavy atom. The lowest BCUT2D eigenvalue weighted by Gasteiger charge is -2.32. The molecular formula is C29H37Cl4N5S. The van der Waals surface area contributed by atoms with Gasteiger partial charge in [-0.15, -0.1) is 37.2 Å². The van der Waals surface area contributed by atoms with Crippen molar-refractivity contribution in [2.45, 2.75) is 36.6 Å². The second-order valence-electron chi connectivity index (χ2n) is 9.69. The maximum Gasteiger partial charge on any atom is 0.166 e. The number of rotatable bonds is 10. The van der Waals surface area contributed by atoms with Gasteiger partial charge in [-0.25, -0.2) is 4.98 Å². The molecule has 10 heteroatoms. The average Bonchev–Trinajstić information content (AvgIpc) is 3.33. The topological polar surface area (TPSA) is 48.1 Å². The number of hydrogen-bond donors (Lipinski definition) is 1. The minimum Gasteiger partial charge on any atom is -0.373 e. The van der Waals surface area contributed by atoms with E-state index in [1.165, 1.54) is 37.9 Å². The third-order valence-electron chi connectivity index (χ3n) is 7.11. The Kier molecular flexibility index (Phi) is 14.2. The summed E-state index contributed by atoms with van der Waals surface area (Å²) < 4.78 is 0. The number of piperidine rings is 1. The fourth-order valence-electron chi connectivity index (χ4n) is 5.02. The van der Waals surface area contributed by atoms with Gasteiger partial charge in [0.25, 0.3) is 0 Å². The summed E-state index contributed by atoms with van der Waals surface area (Å²) in [6.07, 6.45) is 6.81. The van der Waals surface area contributed by atoms with E-state index >= 15 is 0 Å². The van der Waals surface area contributed by atoms with Gasteiger partial charge in [0.15, 0.2) is 5.16 Å². The molecule has 3 heterocycles. The normalized spacial score (nSPS) is 13.8. The molecule has 0 spiro atoms. The number of fused-ring (bicyclic) bond motifs is 1. The number of nitrogens with one attached hydrogen (secondary N) is 1. The zero-order valence-electron chi connectivity index (χ0n) is 22.1. The first-order chi connectivity index (χ1) is 17.7. The molecule has 1 N–H and O–H groups in total. The van der Waals surface area contributed by atoms with Gasteiger partial charge in [-0.05, 0) is 75.0 Å². The molecule has 2 aromatic heterocycles. The van der Waals surface area contributed by atoms with Crippen LogP contribution in [0.25, 0.3) is 11.0 Å². The number of thioether (sulfide) groups is 1. The summed E-state index contributed by atoms with van der Waals surface area (Å²) in [5.41, 5.74) is 5.45. The number of likely N-dealkylation sites (tertiary alicyclic amines) is 1. The van der Waals surface area contributed by atoms with E-state index in [1.54, 1.807) is 11.8 Å². The molecule has 0 saturated carbocycles. The first kappa shape index (κ1) is 33.5. The van der Waals surface area contributed by atoms with Gasteiger partial charge in [0, 0.05) is 25.5 Å². The number of halogens is 4. The lowest BCUT2D eigenvalue weighted by molar-refractivity contribution is 0.183. The summed E-state index contributed by atoms with van der Waals surface area (Å²) in [6.45, 7) is 4.53. The zero-order valence-corrected chi connectivity index (χ0v) is 26.1. The molecule has 212 valence electrons. The summed E-state index contributed by atoms with van der Waals surface area (Å²) in [7, 11) is 2.13. The number of aromatic nitrogens is 3. The Balaban J connectivity index is 0.00000178. The van der Waals surface area contributed by atoms with Crippen molar-refractivity contribution in [2.24, 2.45) is 5.92 Å². The van der Waals surface area contributed by atoms with E-state index in [4.69, 9.17) is 11.6 Å². The number of nitrogens with zero attached hydrogens (tertiary/aromatic N) is 4. The van der Waals surface area contributed by atoms with Gasteiger partial charge in [-0.3, -0.25) is 4.98 Å². The number of para-hydroxylation sites is 2. The Labute approximate surface area is 259 Å². The first-order valence-electron chi connectivity index (χ1n) is 12.8. The maximum absolute atomic E-state index is 6.80. The molecule has 1 fully saturated rings. The highest BCUT2D eigenvalue weighted by Gasteiger charge is 2.19. The Bertz CT molecular complexity index is 1230. The molecule has 39 heavy (non-hydrogen) atoms. The predicted molar refractivity (Wildman–Crippen MR) is 174 cm³/mol. The van der Waals surface area contributed by atoms with Crippen LogP contribution >= 0.6 is 60.6 Å². The Hall–Kier alpha value is -1.67. The van der Waals surface area contributed by atoms with Gasteiger partial charge in [-0.1, -0.05) is 65.8 Å². The molecule has 0 aliphatic carbocycles. The molecule has 5 nitrogen and oxygen atoms in total. The van der Waals surface area contributed by atoms with E-state index in [-0.39, 0.29) is 37.2 Å². The lowest BCUT2D eigenvalue weighted by Crippen LogP contribution is -2.36. The Morgan fingerprint density at radius 3 is 2.46 bits per heavy atom. The van der Waals surface area contributed by atoms with E-state index in [1.807, 2.05) is 36.5 Å². The van der Waals surface area contributed by atoms with Crippen molar-refractivity contribution < 1.29 is 0 Å². The van der Waals surface area contributed by atoms with E-state index in [0.29, 0.717) is 5.75 Å². The van der Waals surface area contributed by atoms with Crippen LogP contribution < -0.4 is 4.90 Å². The largest absolute Gasteiger partial charge is 0.373 e. The van der Waals surface area contributed by atoms with Crippen LogP contribution in [0.3, 0.4) is 0 Å².